The lowest BCUT2D eigenvalue weighted by molar-refractivity contribution is 0.463. The van der Waals surface area contributed by atoms with Gasteiger partial charge < -0.3 is 9.67 Å². The molecule has 1 heterocycles. The van der Waals surface area contributed by atoms with Gasteiger partial charge in [0.25, 0.3) is 0 Å². The number of pyridine rings is 1. The van der Waals surface area contributed by atoms with Crippen molar-refractivity contribution in [3.05, 3.63) is 82.8 Å². The van der Waals surface area contributed by atoms with Crippen molar-refractivity contribution in [2.24, 2.45) is 5.92 Å². The Labute approximate surface area is 141 Å². The molecule has 0 saturated carbocycles. The third kappa shape index (κ3) is 3.40. The summed E-state index contributed by atoms with van der Waals surface area (Å²) in [5.41, 5.74) is 3.73. The summed E-state index contributed by atoms with van der Waals surface area (Å²) >= 11 is 0. The molecule has 0 aliphatic heterocycles. The van der Waals surface area contributed by atoms with Gasteiger partial charge in [-0.25, -0.2) is 0 Å². The first-order valence-electron chi connectivity index (χ1n) is 8.15. The fourth-order valence-corrected chi connectivity index (χ4v) is 2.85. The molecule has 24 heavy (non-hydrogen) atoms. The zero-order valence-electron chi connectivity index (χ0n) is 13.9. The molecular formula is C21H21NO2. The summed E-state index contributed by atoms with van der Waals surface area (Å²) in [5, 5.41) is 9.87. The van der Waals surface area contributed by atoms with Gasteiger partial charge in [0.1, 0.15) is 0 Å². The second-order valence-corrected chi connectivity index (χ2v) is 6.40. The molecule has 0 spiro atoms. The van der Waals surface area contributed by atoms with Gasteiger partial charge in [-0.15, -0.1) is 0 Å². The minimum absolute atomic E-state index is 0.229. The van der Waals surface area contributed by atoms with Crippen LogP contribution in [0.3, 0.4) is 0 Å². The molecule has 1 N–H and O–H groups in total. The maximum atomic E-state index is 11.8. The highest BCUT2D eigenvalue weighted by molar-refractivity contribution is 5.66. The van der Waals surface area contributed by atoms with Crippen LogP contribution in [0.1, 0.15) is 19.5 Å². The van der Waals surface area contributed by atoms with Gasteiger partial charge in [0.15, 0.2) is 5.75 Å². The van der Waals surface area contributed by atoms with Crippen molar-refractivity contribution in [2.45, 2.75) is 20.3 Å². The molecule has 3 nitrogen and oxygen atoms in total. The molecule has 122 valence electrons. The van der Waals surface area contributed by atoms with Crippen LogP contribution in [0.5, 0.6) is 5.75 Å². The minimum atomic E-state index is -0.332. The topological polar surface area (TPSA) is 42.2 Å². The molecule has 0 atom stereocenters. The number of aromatic hydroxyl groups is 1. The predicted molar refractivity (Wildman–Crippen MR) is 97.7 cm³/mol. The third-order valence-corrected chi connectivity index (χ3v) is 3.96. The van der Waals surface area contributed by atoms with E-state index in [1.807, 2.05) is 34.9 Å². The Balaban J connectivity index is 2.12. The Hall–Kier alpha value is -2.81. The van der Waals surface area contributed by atoms with Crippen molar-refractivity contribution < 1.29 is 5.11 Å². The van der Waals surface area contributed by atoms with E-state index in [9.17, 15) is 9.90 Å². The maximum absolute atomic E-state index is 11.8. The molecule has 0 saturated heterocycles. The fourth-order valence-electron chi connectivity index (χ4n) is 2.85. The van der Waals surface area contributed by atoms with Gasteiger partial charge in [-0.1, -0.05) is 56.3 Å². The van der Waals surface area contributed by atoms with Crippen LogP contribution in [0.15, 0.2) is 71.7 Å². The average Bonchev–Trinajstić information content (AvgIpc) is 2.58. The van der Waals surface area contributed by atoms with E-state index >= 15 is 0 Å². The van der Waals surface area contributed by atoms with E-state index in [1.54, 1.807) is 0 Å². The molecule has 1 aromatic heterocycles. The summed E-state index contributed by atoms with van der Waals surface area (Å²) in [7, 11) is 0. The van der Waals surface area contributed by atoms with Crippen molar-refractivity contribution >= 4 is 0 Å². The maximum Gasteiger partial charge on any atom is 0.223 e. The number of hydrogen-bond acceptors (Lipinski definition) is 2. The van der Waals surface area contributed by atoms with E-state index in [1.165, 1.54) is 12.3 Å². The first kappa shape index (κ1) is 16.1. The highest BCUT2D eigenvalue weighted by atomic mass is 16.3. The highest BCUT2D eigenvalue weighted by Crippen LogP contribution is 2.24. The summed E-state index contributed by atoms with van der Waals surface area (Å²) in [6.07, 6.45) is 2.29. The van der Waals surface area contributed by atoms with Crippen LogP contribution in [0, 0.1) is 5.92 Å². The Kier molecular flexibility index (Phi) is 4.52. The summed E-state index contributed by atoms with van der Waals surface area (Å²) in [4.78, 5) is 11.8. The van der Waals surface area contributed by atoms with E-state index in [0.717, 1.165) is 28.9 Å². The second kappa shape index (κ2) is 6.75. The summed E-state index contributed by atoms with van der Waals surface area (Å²) in [6.45, 7) is 4.23. The summed E-state index contributed by atoms with van der Waals surface area (Å²) in [6, 6.07) is 19.8. The van der Waals surface area contributed by atoms with Crippen LogP contribution in [-0.4, -0.2) is 9.67 Å². The van der Waals surface area contributed by atoms with E-state index in [4.69, 9.17) is 0 Å². The normalized spacial score (nSPS) is 11.0. The molecule has 3 heteroatoms. The van der Waals surface area contributed by atoms with Crippen LogP contribution in [-0.2, 0) is 6.42 Å². The lowest BCUT2D eigenvalue weighted by Crippen LogP contribution is -2.13. The Bertz CT molecular complexity index is 895. The summed E-state index contributed by atoms with van der Waals surface area (Å²) in [5.74, 6) is 0.185. The third-order valence-electron chi connectivity index (χ3n) is 3.96. The zero-order chi connectivity index (χ0) is 17.1. The fraction of sp³-hybridized carbons (Fsp3) is 0.190. The first-order valence-corrected chi connectivity index (χ1v) is 8.15. The second-order valence-electron chi connectivity index (χ2n) is 6.40. The van der Waals surface area contributed by atoms with Gasteiger partial charge in [-0.05, 0) is 35.6 Å². The molecule has 0 bridgehead atoms. The van der Waals surface area contributed by atoms with Crippen LogP contribution in [0.4, 0.5) is 0 Å². The number of aromatic nitrogens is 1. The smallest absolute Gasteiger partial charge is 0.223 e. The molecule has 0 unspecified atom stereocenters. The minimum Gasteiger partial charge on any atom is -0.503 e. The molecule has 0 fully saturated rings. The predicted octanol–water partition coefficient (Wildman–Crippen LogP) is 4.41. The number of nitrogens with zero attached hydrogens (tertiary/aromatic N) is 1. The molecule has 0 aliphatic carbocycles. The number of benzene rings is 2. The summed E-state index contributed by atoms with van der Waals surface area (Å²) < 4.78 is 1.91. The van der Waals surface area contributed by atoms with E-state index in [0.29, 0.717) is 5.92 Å². The van der Waals surface area contributed by atoms with E-state index < -0.39 is 0 Å². The quantitative estimate of drug-likeness (QED) is 0.774. The van der Waals surface area contributed by atoms with Gasteiger partial charge >= 0.3 is 0 Å². The lowest BCUT2D eigenvalue weighted by Gasteiger charge is -2.16. The van der Waals surface area contributed by atoms with Crippen molar-refractivity contribution in [2.75, 3.05) is 0 Å². The monoisotopic (exact) mass is 319 g/mol. The highest BCUT2D eigenvalue weighted by Gasteiger charge is 2.10. The van der Waals surface area contributed by atoms with Crippen LogP contribution < -0.4 is 5.43 Å². The molecule has 2 aromatic carbocycles. The SMILES string of the molecule is CC(C)Cc1cc(=O)c(O)cn1-c1cccc(-c2ccccc2)c1. The van der Waals surface area contributed by atoms with Crippen molar-refractivity contribution in [3.8, 4) is 22.6 Å². The molecule has 0 aliphatic rings. The van der Waals surface area contributed by atoms with Gasteiger partial charge in [0.2, 0.25) is 5.43 Å². The molecule has 3 aromatic rings. The van der Waals surface area contributed by atoms with Gasteiger partial charge in [-0.2, -0.15) is 0 Å². The molecule has 0 amide bonds. The Morgan fingerprint density at radius 1 is 0.958 bits per heavy atom. The lowest BCUT2D eigenvalue weighted by atomic mass is 10.0. The van der Waals surface area contributed by atoms with Crippen LogP contribution >= 0.6 is 0 Å². The Morgan fingerprint density at radius 2 is 1.67 bits per heavy atom. The van der Waals surface area contributed by atoms with Gasteiger partial charge in [0, 0.05) is 17.4 Å². The molecular weight excluding hydrogens is 298 g/mol. The molecule has 0 radical (unpaired) electrons. The van der Waals surface area contributed by atoms with Gasteiger partial charge in [-0.3, -0.25) is 4.79 Å². The average molecular weight is 319 g/mol. The largest absolute Gasteiger partial charge is 0.503 e. The molecule has 3 rings (SSSR count). The van der Waals surface area contributed by atoms with Crippen molar-refractivity contribution in [1.82, 2.24) is 4.57 Å². The Morgan fingerprint density at radius 3 is 2.38 bits per heavy atom. The first-order chi connectivity index (χ1) is 11.5. The number of hydrogen-bond donors (Lipinski definition) is 1. The van der Waals surface area contributed by atoms with Crippen molar-refractivity contribution in [3.63, 3.8) is 0 Å². The van der Waals surface area contributed by atoms with Crippen LogP contribution in [0.25, 0.3) is 16.8 Å². The van der Waals surface area contributed by atoms with E-state index in [2.05, 4.69) is 38.1 Å². The van der Waals surface area contributed by atoms with E-state index in [-0.39, 0.29) is 11.2 Å². The van der Waals surface area contributed by atoms with Crippen molar-refractivity contribution in [1.29, 1.82) is 0 Å². The zero-order valence-corrected chi connectivity index (χ0v) is 13.9. The van der Waals surface area contributed by atoms with Gasteiger partial charge in [0.05, 0.1) is 6.20 Å². The number of rotatable bonds is 4. The standard InChI is InChI=1S/C21H21NO2/c1-15(2)11-19-13-20(23)21(24)14-22(19)18-10-6-9-17(12-18)16-7-4-3-5-8-16/h3-10,12-15,24H,11H2,1-2H3. The van der Waals surface area contributed by atoms with Crippen LogP contribution in [0.2, 0.25) is 0 Å².